The van der Waals surface area contributed by atoms with Gasteiger partial charge in [-0.3, -0.25) is 4.79 Å². The minimum Gasteiger partial charge on any atom is -0.383 e. The number of nitrogens with zero attached hydrogens (tertiary/aromatic N) is 3. The number of hydrogen-bond acceptors (Lipinski definition) is 7. The molecule has 0 aliphatic heterocycles. The van der Waals surface area contributed by atoms with Crippen LogP contribution in [0.25, 0.3) is 21.6 Å². The second-order valence-electron chi connectivity index (χ2n) is 5.24. The molecule has 0 bridgehead atoms. The zero-order valence-electron chi connectivity index (χ0n) is 14.0. The molecule has 25 heavy (non-hydrogen) atoms. The van der Waals surface area contributed by atoms with E-state index in [0.29, 0.717) is 18.3 Å². The molecule has 0 unspecified atom stereocenters. The maximum atomic E-state index is 11.9. The number of fused-ring (bicyclic) bond motifs is 1. The molecule has 8 heteroatoms. The Kier molecular flexibility index (Phi) is 5.95. The first-order valence-corrected chi connectivity index (χ1v) is 9.56. The summed E-state index contributed by atoms with van der Waals surface area (Å²) in [6, 6.07) is 9.91. The predicted octanol–water partition coefficient (Wildman–Crippen LogP) is 2.92. The summed E-state index contributed by atoms with van der Waals surface area (Å²) in [5, 5.41) is 4.32. The van der Waals surface area contributed by atoms with E-state index in [1.165, 1.54) is 23.1 Å². The van der Waals surface area contributed by atoms with Crippen LogP contribution >= 0.6 is 23.1 Å². The molecule has 3 aromatic rings. The first-order valence-electron chi connectivity index (χ1n) is 7.76. The van der Waals surface area contributed by atoms with Crippen LogP contribution in [0.3, 0.4) is 0 Å². The van der Waals surface area contributed by atoms with Crippen molar-refractivity contribution in [3.05, 3.63) is 35.3 Å². The van der Waals surface area contributed by atoms with Gasteiger partial charge in [0, 0.05) is 19.2 Å². The molecular weight excluding hydrogens is 356 g/mol. The fraction of sp³-hybridized carbons (Fsp3) is 0.294. The Balaban J connectivity index is 1.83. The first-order chi connectivity index (χ1) is 12.2. The van der Waals surface area contributed by atoms with Gasteiger partial charge in [0.15, 0.2) is 5.16 Å². The molecule has 2 aromatic heterocycles. The normalized spacial score (nSPS) is 11.0. The standard InChI is InChI=1S/C17H18N4O2S2/c1-11-19-15-14(12-6-4-3-5-7-12)20-17(21-16(15)25-11)24-10-13(22)18-8-9-23-2/h3-7H,8-10H2,1-2H3,(H,18,22). The number of carbonyl (C=O) groups excluding carboxylic acids is 1. The lowest BCUT2D eigenvalue weighted by Crippen LogP contribution is -2.28. The topological polar surface area (TPSA) is 77.0 Å². The third-order valence-electron chi connectivity index (χ3n) is 3.35. The highest BCUT2D eigenvalue weighted by Crippen LogP contribution is 2.31. The Labute approximate surface area is 154 Å². The summed E-state index contributed by atoms with van der Waals surface area (Å²) in [5.74, 6) is 0.203. The van der Waals surface area contributed by atoms with Gasteiger partial charge >= 0.3 is 0 Å². The molecule has 0 aliphatic carbocycles. The minimum absolute atomic E-state index is 0.0625. The number of thiazole rings is 1. The highest BCUT2D eigenvalue weighted by atomic mass is 32.2. The molecule has 1 aromatic carbocycles. The monoisotopic (exact) mass is 374 g/mol. The second-order valence-corrected chi connectivity index (χ2v) is 7.36. The molecule has 0 aliphatic rings. The third-order valence-corrected chi connectivity index (χ3v) is 5.07. The van der Waals surface area contributed by atoms with Gasteiger partial charge in [0.2, 0.25) is 5.91 Å². The number of thioether (sulfide) groups is 1. The maximum Gasteiger partial charge on any atom is 0.230 e. The Hall–Kier alpha value is -2.03. The number of ether oxygens (including phenoxy) is 1. The van der Waals surface area contributed by atoms with Gasteiger partial charge in [-0.05, 0) is 6.92 Å². The van der Waals surface area contributed by atoms with E-state index in [0.717, 1.165) is 26.6 Å². The Morgan fingerprint density at radius 1 is 1.24 bits per heavy atom. The van der Waals surface area contributed by atoms with Crippen molar-refractivity contribution in [3.63, 3.8) is 0 Å². The molecule has 2 heterocycles. The molecule has 130 valence electrons. The molecule has 0 spiro atoms. The molecule has 0 saturated heterocycles. The third kappa shape index (κ3) is 4.53. The summed E-state index contributed by atoms with van der Waals surface area (Å²) >= 11 is 2.86. The van der Waals surface area contributed by atoms with Crippen LogP contribution in [0.2, 0.25) is 0 Å². The molecule has 0 saturated carbocycles. The van der Waals surface area contributed by atoms with Gasteiger partial charge in [0.1, 0.15) is 16.0 Å². The van der Waals surface area contributed by atoms with Crippen LogP contribution in [0, 0.1) is 6.92 Å². The minimum atomic E-state index is -0.0625. The van der Waals surface area contributed by atoms with E-state index in [9.17, 15) is 4.79 Å². The van der Waals surface area contributed by atoms with Crippen molar-refractivity contribution < 1.29 is 9.53 Å². The number of aryl methyl sites for hydroxylation is 1. The van der Waals surface area contributed by atoms with Gasteiger partial charge in [-0.15, -0.1) is 0 Å². The van der Waals surface area contributed by atoms with E-state index in [2.05, 4.69) is 20.3 Å². The summed E-state index contributed by atoms with van der Waals surface area (Å²) in [5.41, 5.74) is 2.60. The smallest absolute Gasteiger partial charge is 0.230 e. The van der Waals surface area contributed by atoms with E-state index in [-0.39, 0.29) is 11.7 Å². The summed E-state index contributed by atoms with van der Waals surface area (Å²) in [6.45, 7) is 2.95. The van der Waals surface area contributed by atoms with Crippen LogP contribution in [0.1, 0.15) is 5.01 Å². The van der Waals surface area contributed by atoms with Crippen LogP contribution in [-0.4, -0.2) is 46.9 Å². The average Bonchev–Trinajstić information content (AvgIpc) is 3.00. The van der Waals surface area contributed by atoms with E-state index in [1.807, 2.05) is 37.3 Å². The number of benzene rings is 1. The van der Waals surface area contributed by atoms with Gasteiger partial charge in [-0.1, -0.05) is 53.4 Å². The molecule has 0 fully saturated rings. The lowest BCUT2D eigenvalue weighted by Gasteiger charge is -2.06. The summed E-state index contributed by atoms with van der Waals surface area (Å²) in [4.78, 5) is 26.5. The second kappa shape index (κ2) is 8.37. The van der Waals surface area contributed by atoms with Gasteiger partial charge < -0.3 is 10.1 Å². The predicted molar refractivity (Wildman–Crippen MR) is 101 cm³/mol. The van der Waals surface area contributed by atoms with Gasteiger partial charge in [0.05, 0.1) is 17.4 Å². The van der Waals surface area contributed by atoms with Gasteiger partial charge in [0.25, 0.3) is 0 Å². The Bertz CT molecular complexity index is 868. The van der Waals surface area contributed by atoms with Crippen molar-refractivity contribution in [3.8, 4) is 11.3 Å². The molecule has 6 nitrogen and oxygen atoms in total. The number of methoxy groups -OCH3 is 1. The number of amides is 1. The summed E-state index contributed by atoms with van der Waals surface area (Å²) < 4.78 is 4.92. The molecule has 1 N–H and O–H groups in total. The average molecular weight is 374 g/mol. The molecular formula is C17H18N4O2S2. The SMILES string of the molecule is COCCNC(=O)CSc1nc(-c2ccccc2)c2nc(C)sc2n1. The van der Waals surface area contributed by atoms with Crippen molar-refractivity contribution in [1.29, 1.82) is 0 Å². The van der Waals surface area contributed by atoms with Crippen molar-refractivity contribution in [2.75, 3.05) is 26.0 Å². The highest BCUT2D eigenvalue weighted by Gasteiger charge is 2.15. The van der Waals surface area contributed by atoms with Crippen LogP contribution in [0.15, 0.2) is 35.5 Å². The van der Waals surface area contributed by atoms with Crippen molar-refractivity contribution in [2.45, 2.75) is 12.1 Å². The molecule has 3 rings (SSSR count). The molecule has 0 atom stereocenters. The quantitative estimate of drug-likeness (QED) is 0.389. The van der Waals surface area contributed by atoms with Crippen molar-refractivity contribution in [2.24, 2.45) is 0 Å². The van der Waals surface area contributed by atoms with Crippen LogP contribution < -0.4 is 5.32 Å². The number of carbonyl (C=O) groups is 1. The van der Waals surface area contributed by atoms with Crippen LogP contribution in [-0.2, 0) is 9.53 Å². The van der Waals surface area contributed by atoms with E-state index in [4.69, 9.17) is 4.74 Å². The van der Waals surface area contributed by atoms with Crippen molar-refractivity contribution in [1.82, 2.24) is 20.3 Å². The van der Waals surface area contributed by atoms with E-state index < -0.39 is 0 Å². The van der Waals surface area contributed by atoms with Crippen LogP contribution in [0.4, 0.5) is 0 Å². The van der Waals surface area contributed by atoms with Crippen molar-refractivity contribution >= 4 is 39.4 Å². The Morgan fingerprint density at radius 3 is 2.80 bits per heavy atom. The number of hydrogen-bond donors (Lipinski definition) is 1. The lowest BCUT2D eigenvalue weighted by atomic mass is 10.1. The van der Waals surface area contributed by atoms with Crippen LogP contribution in [0.5, 0.6) is 0 Å². The summed E-state index contributed by atoms with van der Waals surface area (Å²) in [6.07, 6.45) is 0. The first kappa shape index (κ1) is 17.8. The van der Waals surface area contributed by atoms with Gasteiger partial charge in [-0.2, -0.15) is 0 Å². The largest absolute Gasteiger partial charge is 0.383 e. The van der Waals surface area contributed by atoms with E-state index in [1.54, 1.807) is 7.11 Å². The fourth-order valence-electron chi connectivity index (χ4n) is 2.24. The molecule has 0 radical (unpaired) electrons. The van der Waals surface area contributed by atoms with E-state index >= 15 is 0 Å². The zero-order chi connectivity index (χ0) is 17.6. The molecule has 1 amide bonds. The number of rotatable bonds is 7. The number of nitrogens with one attached hydrogen (secondary N) is 1. The maximum absolute atomic E-state index is 11.9. The summed E-state index contributed by atoms with van der Waals surface area (Å²) in [7, 11) is 1.60. The fourth-order valence-corrected chi connectivity index (χ4v) is 3.76. The van der Waals surface area contributed by atoms with Gasteiger partial charge in [-0.25, -0.2) is 15.0 Å². The number of aromatic nitrogens is 3. The lowest BCUT2D eigenvalue weighted by molar-refractivity contribution is -0.118. The zero-order valence-corrected chi connectivity index (χ0v) is 15.6. The highest BCUT2D eigenvalue weighted by molar-refractivity contribution is 7.99. The Morgan fingerprint density at radius 2 is 2.04 bits per heavy atom.